The molecule has 1 unspecified atom stereocenters. The van der Waals surface area contributed by atoms with Crippen LogP contribution in [0.5, 0.6) is 11.6 Å². The number of halogens is 2. The molecular formula is C41H53F2N5O9S. The maximum atomic E-state index is 17.7. The molecule has 0 bridgehead atoms. The zero-order valence-corrected chi connectivity index (χ0v) is 34.5. The first-order valence-corrected chi connectivity index (χ1v) is 21.7. The summed E-state index contributed by atoms with van der Waals surface area (Å²) in [5.41, 5.74) is -3.51. The van der Waals surface area contributed by atoms with Crippen molar-refractivity contribution in [3.63, 3.8) is 0 Å². The second-order valence-corrected chi connectivity index (χ2v) is 19.7. The highest BCUT2D eigenvalue weighted by Gasteiger charge is 2.71. The number of nitrogens with zero attached hydrogens (tertiary/aromatic N) is 3. The number of fused-ring (bicyclic) bond motifs is 5. The predicted octanol–water partition coefficient (Wildman–Crippen LogP) is 5.53. The Morgan fingerprint density at radius 2 is 1.88 bits per heavy atom. The van der Waals surface area contributed by atoms with E-state index in [2.05, 4.69) is 15.0 Å². The van der Waals surface area contributed by atoms with E-state index in [1.54, 1.807) is 45.0 Å². The number of hydrogen-bond acceptors (Lipinski definition) is 9. The van der Waals surface area contributed by atoms with Crippen molar-refractivity contribution in [1.29, 1.82) is 0 Å². The van der Waals surface area contributed by atoms with Crippen LogP contribution in [0.15, 0.2) is 36.5 Å². The van der Waals surface area contributed by atoms with Crippen molar-refractivity contribution < 1.29 is 51.0 Å². The van der Waals surface area contributed by atoms with Crippen molar-refractivity contribution >= 4 is 44.6 Å². The summed E-state index contributed by atoms with van der Waals surface area (Å²) >= 11 is 0. The van der Waals surface area contributed by atoms with Crippen LogP contribution >= 0.6 is 0 Å². The molecule has 14 nitrogen and oxygen atoms in total. The minimum Gasteiger partial charge on any atom is -0.492 e. The second kappa shape index (κ2) is 14.6. The average molecular weight is 830 g/mol. The molecule has 0 radical (unpaired) electrons. The summed E-state index contributed by atoms with van der Waals surface area (Å²) in [5, 5.41) is 14.1. The highest BCUT2D eigenvalue weighted by Crippen LogP contribution is 2.52. The molecule has 4 amide bonds. The third-order valence-electron chi connectivity index (χ3n) is 13.2. The first-order chi connectivity index (χ1) is 27.2. The molecule has 0 spiro atoms. The zero-order chi connectivity index (χ0) is 42.2. The fourth-order valence-corrected chi connectivity index (χ4v) is 10.3. The Balaban J connectivity index is 1.34. The van der Waals surface area contributed by atoms with Gasteiger partial charge in [-0.15, -0.1) is 0 Å². The fraction of sp³-hybridized carbons (Fsp3) is 0.634. The second-order valence-electron chi connectivity index (χ2n) is 17.5. The van der Waals surface area contributed by atoms with Gasteiger partial charge in [-0.05, 0) is 95.2 Å². The molecule has 2 aromatic rings. The minimum atomic E-state index is -4.26. The summed E-state index contributed by atoms with van der Waals surface area (Å²) in [4.78, 5) is 62.1. The van der Waals surface area contributed by atoms with E-state index >= 15 is 13.6 Å². The molecule has 316 valence electrons. The number of carboxylic acid groups (broad SMARTS) is 1. The Hall–Kier alpha value is -4.54. The number of pyridine rings is 1. The van der Waals surface area contributed by atoms with Gasteiger partial charge in [-0.2, -0.15) is 8.78 Å². The summed E-state index contributed by atoms with van der Waals surface area (Å²) in [6.45, 7) is 9.92. The van der Waals surface area contributed by atoms with Crippen LogP contribution in [0.25, 0.3) is 10.8 Å². The lowest BCUT2D eigenvalue weighted by Gasteiger charge is -2.42. The number of hydrogen-bond donors (Lipinski definition) is 3. The molecule has 7 rings (SSSR count). The lowest BCUT2D eigenvalue weighted by Crippen LogP contribution is -2.64. The summed E-state index contributed by atoms with van der Waals surface area (Å²) in [5.74, 6) is -4.57. The molecule has 1 saturated heterocycles. The zero-order valence-electron chi connectivity index (χ0n) is 33.7. The maximum Gasteiger partial charge on any atom is 0.408 e. The van der Waals surface area contributed by atoms with E-state index in [0.29, 0.717) is 61.7 Å². The number of sulfonamides is 1. The number of carbonyl (C=O) groups excluding carboxylic acids is 3. The Morgan fingerprint density at radius 1 is 1.16 bits per heavy atom. The standard InChI is InChI=1S/C41H53F2N5O9S/c1-7-25(4)47(37(52)53)31-24(3)20-23(2)10-8-9-11-27-21-40(27,36(51)46-58(54,55)38(5)16-17-38)45-33(49)30-22-39(6,41(42,43)48(30)35(31)50)57-34-29-13-12-26-15-19-56-32(26)28(29)14-18-44-34/h9,11-14,18,23-25,27,30-31H,7-8,10,15-17,19-22H2,1-6H3,(H,45,49)(H,46,51)(H,52,53)/b11-9-/t23-,24-,25?,27-,30+,31+,39-,40-/m1/s1. The van der Waals surface area contributed by atoms with E-state index in [0.717, 1.165) is 17.4 Å². The fourth-order valence-electron chi connectivity index (χ4n) is 8.96. The van der Waals surface area contributed by atoms with Gasteiger partial charge in [-0.3, -0.25) is 28.9 Å². The number of allylic oxidation sites excluding steroid dienone is 1. The molecule has 58 heavy (non-hydrogen) atoms. The highest BCUT2D eigenvalue weighted by molar-refractivity contribution is 7.91. The molecule has 1 aromatic heterocycles. The van der Waals surface area contributed by atoms with E-state index < -0.39 is 92.2 Å². The van der Waals surface area contributed by atoms with E-state index in [4.69, 9.17) is 9.47 Å². The van der Waals surface area contributed by atoms with Crippen molar-refractivity contribution in [1.82, 2.24) is 24.8 Å². The van der Waals surface area contributed by atoms with E-state index in [-0.39, 0.29) is 29.5 Å². The third kappa shape index (κ3) is 6.93. The Kier molecular flexibility index (Phi) is 10.5. The number of aromatic nitrogens is 1. The topological polar surface area (TPSA) is 185 Å². The van der Waals surface area contributed by atoms with Crippen LogP contribution in [0, 0.1) is 17.8 Å². The molecule has 2 aliphatic carbocycles. The van der Waals surface area contributed by atoms with Crippen LogP contribution in [0.3, 0.4) is 0 Å². The van der Waals surface area contributed by atoms with Crippen molar-refractivity contribution in [2.24, 2.45) is 17.8 Å². The lowest BCUT2D eigenvalue weighted by molar-refractivity contribution is -0.219. The molecule has 2 saturated carbocycles. The SMILES string of the molecule is CCC(C)N(C(=O)O)[C@@H]1C(=O)N2[C@@H](C[C@@](C)(Oc3nccc4c5c(ccc34)CCO5)C2(F)F)C(=O)N[C@]2(C(=O)NS(=O)(=O)C3(C)CC3)C[C@H]2/C=C\CC[C@@H](C)C[C@H]1C. The van der Waals surface area contributed by atoms with Gasteiger partial charge in [-0.1, -0.05) is 39.0 Å². The van der Waals surface area contributed by atoms with Crippen LogP contribution in [0.4, 0.5) is 13.6 Å². The molecule has 3 N–H and O–H groups in total. The van der Waals surface area contributed by atoms with Crippen molar-refractivity contribution in [2.75, 3.05) is 6.61 Å². The number of rotatable bonds is 8. The largest absolute Gasteiger partial charge is 0.492 e. The molecule has 17 heteroatoms. The van der Waals surface area contributed by atoms with Gasteiger partial charge in [-0.25, -0.2) is 18.2 Å². The first kappa shape index (κ1) is 41.6. The number of amides is 4. The molecular weight excluding hydrogens is 777 g/mol. The number of carbonyl (C=O) groups is 4. The van der Waals surface area contributed by atoms with Gasteiger partial charge in [0.25, 0.3) is 11.8 Å². The van der Waals surface area contributed by atoms with Crippen molar-refractivity contribution in [3.05, 3.63) is 42.1 Å². The monoisotopic (exact) mass is 829 g/mol. The van der Waals surface area contributed by atoms with Gasteiger partial charge in [0.05, 0.1) is 11.4 Å². The number of ether oxygens (including phenoxy) is 2. The van der Waals surface area contributed by atoms with Crippen LogP contribution < -0.4 is 19.5 Å². The summed E-state index contributed by atoms with van der Waals surface area (Å²) < 4.78 is 74.8. The van der Waals surface area contributed by atoms with E-state index in [1.165, 1.54) is 13.1 Å². The van der Waals surface area contributed by atoms with Gasteiger partial charge < -0.3 is 19.9 Å². The van der Waals surface area contributed by atoms with E-state index in [1.807, 2.05) is 13.0 Å². The van der Waals surface area contributed by atoms with Gasteiger partial charge in [0, 0.05) is 41.8 Å². The summed E-state index contributed by atoms with van der Waals surface area (Å²) in [6.07, 6.45) is 5.70. The predicted molar refractivity (Wildman–Crippen MR) is 209 cm³/mol. The molecule has 8 atom stereocenters. The quantitative estimate of drug-likeness (QED) is 0.226. The van der Waals surface area contributed by atoms with Crippen LogP contribution in [0.1, 0.15) is 98.5 Å². The smallest absolute Gasteiger partial charge is 0.408 e. The first-order valence-electron chi connectivity index (χ1n) is 20.2. The number of nitrogens with one attached hydrogen (secondary N) is 2. The molecule has 3 fully saturated rings. The summed E-state index contributed by atoms with van der Waals surface area (Å²) in [6, 6.07) is -3.49. The van der Waals surface area contributed by atoms with Gasteiger partial charge in [0.2, 0.25) is 21.8 Å². The van der Waals surface area contributed by atoms with E-state index in [9.17, 15) is 27.9 Å². The van der Waals surface area contributed by atoms with Gasteiger partial charge in [0.1, 0.15) is 23.4 Å². The highest BCUT2D eigenvalue weighted by atomic mass is 32.2. The maximum absolute atomic E-state index is 17.7. The molecule has 1 aromatic carbocycles. The third-order valence-corrected chi connectivity index (χ3v) is 15.4. The Labute approximate surface area is 337 Å². The van der Waals surface area contributed by atoms with Crippen molar-refractivity contribution in [3.8, 4) is 11.6 Å². The average Bonchev–Trinajstić information content (AvgIpc) is 3.99. The Morgan fingerprint density at radius 3 is 2.55 bits per heavy atom. The number of benzene rings is 1. The number of alkyl halides is 2. The molecule has 3 aliphatic heterocycles. The Bertz CT molecular complexity index is 2170. The minimum absolute atomic E-state index is 0.0134. The molecule has 5 aliphatic rings. The van der Waals surface area contributed by atoms with Gasteiger partial charge >= 0.3 is 12.1 Å². The lowest BCUT2D eigenvalue weighted by atomic mass is 9.86. The normalized spacial score (nSPS) is 32.6. The summed E-state index contributed by atoms with van der Waals surface area (Å²) in [7, 11) is -4.16. The van der Waals surface area contributed by atoms with Crippen molar-refractivity contribution in [2.45, 2.75) is 139 Å². The van der Waals surface area contributed by atoms with Crippen LogP contribution in [0.2, 0.25) is 0 Å². The van der Waals surface area contributed by atoms with Gasteiger partial charge in [0.15, 0.2) is 5.60 Å². The van der Waals surface area contributed by atoms with Crippen LogP contribution in [-0.2, 0) is 30.8 Å². The molecule has 4 heterocycles. The van der Waals surface area contributed by atoms with Crippen LogP contribution in [-0.4, -0.2) is 98.8 Å².